The molecule has 22 heavy (non-hydrogen) atoms. The fourth-order valence-electron chi connectivity index (χ4n) is 2.78. The number of ether oxygens (including phenoxy) is 1. The first-order chi connectivity index (χ1) is 10.8. The van der Waals surface area contributed by atoms with E-state index in [9.17, 15) is 5.11 Å². The van der Waals surface area contributed by atoms with E-state index in [1.165, 1.54) is 5.56 Å². The minimum atomic E-state index is -0.324. The minimum Gasteiger partial charge on any atom is -0.396 e. The second kappa shape index (κ2) is 9.92. The Morgan fingerprint density at radius 2 is 1.73 bits per heavy atom. The van der Waals surface area contributed by atoms with Gasteiger partial charge < -0.3 is 14.9 Å². The Bertz CT molecular complexity index is 402. The zero-order valence-electron chi connectivity index (χ0n) is 13.2. The number of rotatable bonds is 8. The Labute approximate surface area is 133 Å². The second-order valence-electron chi connectivity index (χ2n) is 5.87. The van der Waals surface area contributed by atoms with Crippen LogP contribution in [0.2, 0.25) is 0 Å². The van der Waals surface area contributed by atoms with Gasteiger partial charge in [0.2, 0.25) is 0 Å². The van der Waals surface area contributed by atoms with E-state index in [1.54, 1.807) is 0 Å². The van der Waals surface area contributed by atoms with Crippen molar-refractivity contribution < 1.29 is 14.9 Å². The third-order valence-electron chi connectivity index (χ3n) is 3.97. The largest absolute Gasteiger partial charge is 0.396 e. The Kier molecular flexibility index (Phi) is 7.83. The molecule has 0 spiro atoms. The highest BCUT2D eigenvalue weighted by Gasteiger charge is 2.20. The van der Waals surface area contributed by atoms with E-state index in [4.69, 9.17) is 9.84 Å². The monoisotopic (exact) mass is 308 g/mol. The predicted octanol–water partition coefficient (Wildman–Crippen LogP) is 0.564. The van der Waals surface area contributed by atoms with E-state index in [0.29, 0.717) is 26.3 Å². The van der Waals surface area contributed by atoms with Crippen LogP contribution in [0.25, 0.3) is 0 Å². The molecule has 1 atom stereocenters. The van der Waals surface area contributed by atoms with Gasteiger partial charge in [-0.15, -0.1) is 0 Å². The van der Waals surface area contributed by atoms with Crippen LogP contribution in [0.15, 0.2) is 30.3 Å². The molecule has 0 radical (unpaired) electrons. The molecule has 0 amide bonds. The van der Waals surface area contributed by atoms with E-state index in [1.807, 2.05) is 18.2 Å². The molecule has 1 aromatic carbocycles. The summed E-state index contributed by atoms with van der Waals surface area (Å²) in [6.07, 6.45) is 0.447. The second-order valence-corrected chi connectivity index (χ2v) is 5.87. The molecule has 0 saturated carbocycles. The normalized spacial score (nSPS) is 20.9. The van der Waals surface area contributed by atoms with Crippen molar-refractivity contribution >= 4 is 0 Å². The summed E-state index contributed by atoms with van der Waals surface area (Å²) >= 11 is 0. The van der Waals surface area contributed by atoms with Gasteiger partial charge in [-0.1, -0.05) is 30.3 Å². The molecule has 1 aliphatic rings. The fourth-order valence-corrected chi connectivity index (χ4v) is 2.78. The summed E-state index contributed by atoms with van der Waals surface area (Å²) in [4.78, 5) is 4.49. The summed E-state index contributed by atoms with van der Waals surface area (Å²) in [6, 6.07) is 10.2. The van der Waals surface area contributed by atoms with Crippen LogP contribution in [0.5, 0.6) is 0 Å². The molecule has 124 valence electrons. The highest BCUT2D eigenvalue weighted by Crippen LogP contribution is 2.05. The smallest absolute Gasteiger partial charge is 0.0793 e. The summed E-state index contributed by atoms with van der Waals surface area (Å²) < 4.78 is 5.72. The van der Waals surface area contributed by atoms with Crippen LogP contribution in [0.1, 0.15) is 12.0 Å². The first-order valence-corrected chi connectivity index (χ1v) is 8.13. The van der Waals surface area contributed by atoms with E-state index >= 15 is 0 Å². The Morgan fingerprint density at radius 1 is 1.05 bits per heavy atom. The zero-order chi connectivity index (χ0) is 15.6. The SMILES string of the molecule is OCCCN1CCN(CCOCc2ccccc2)C[C@@H](O)C1. The lowest BCUT2D eigenvalue weighted by atomic mass is 10.2. The molecule has 0 aliphatic carbocycles. The highest BCUT2D eigenvalue weighted by molar-refractivity contribution is 5.13. The van der Waals surface area contributed by atoms with Crippen molar-refractivity contribution in [3.63, 3.8) is 0 Å². The third-order valence-corrected chi connectivity index (χ3v) is 3.97. The van der Waals surface area contributed by atoms with Crippen LogP contribution < -0.4 is 0 Å². The number of β-amino-alcohol motifs (C(OH)–C–C–N with tert-alkyl or cyclic N) is 1. The van der Waals surface area contributed by atoms with Crippen molar-refractivity contribution in [2.75, 3.05) is 52.5 Å². The molecule has 0 unspecified atom stereocenters. The standard InChI is InChI=1S/C17H28N2O3/c20-11-4-7-18-8-9-19(14-17(21)13-18)10-12-22-15-16-5-2-1-3-6-16/h1-3,5-6,17,20-21H,4,7-15H2/t17-/m0/s1. The number of benzene rings is 1. The van der Waals surface area contributed by atoms with E-state index in [-0.39, 0.29) is 12.7 Å². The van der Waals surface area contributed by atoms with E-state index in [0.717, 1.165) is 32.6 Å². The summed E-state index contributed by atoms with van der Waals surface area (Å²) in [5, 5.41) is 19.0. The van der Waals surface area contributed by atoms with Gasteiger partial charge in [0.05, 0.1) is 19.3 Å². The van der Waals surface area contributed by atoms with Gasteiger partial charge in [-0.3, -0.25) is 9.80 Å². The Morgan fingerprint density at radius 3 is 2.41 bits per heavy atom. The molecule has 5 nitrogen and oxygen atoms in total. The van der Waals surface area contributed by atoms with Gasteiger partial charge in [0.1, 0.15) is 0 Å². The molecular formula is C17H28N2O3. The van der Waals surface area contributed by atoms with Crippen LogP contribution in [-0.2, 0) is 11.3 Å². The molecule has 2 rings (SSSR count). The van der Waals surface area contributed by atoms with Gasteiger partial charge >= 0.3 is 0 Å². The summed E-state index contributed by atoms with van der Waals surface area (Å²) in [5.74, 6) is 0. The summed E-state index contributed by atoms with van der Waals surface area (Å²) in [6.45, 7) is 6.50. The maximum absolute atomic E-state index is 10.1. The topological polar surface area (TPSA) is 56.2 Å². The van der Waals surface area contributed by atoms with Gasteiger partial charge in [-0.2, -0.15) is 0 Å². The molecule has 1 saturated heterocycles. The van der Waals surface area contributed by atoms with Crippen molar-refractivity contribution in [2.24, 2.45) is 0 Å². The minimum absolute atomic E-state index is 0.212. The Hall–Kier alpha value is -0.980. The van der Waals surface area contributed by atoms with Gasteiger partial charge in [0, 0.05) is 45.9 Å². The highest BCUT2D eigenvalue weighted by atomic mass is 16.5. The number of nitrogens with zero attached hydrogens (tertiary/aromatic N) is 2. The Balaban J connectivity index is 1.65. The van der Waals surface area contributed by atoms with Crippen molar-refractivity contribution in [3.05, 3.63) is 35.9 Å². The van der Waals surface area contributed by atoms with Crippen LogP contribution in [-0.4, -0.2) is 78.6 Å². The summed E-state index contributed by atoms with van der Waals surface area (Å²) in [5.41, 5.74) is 1.19. The molecule has 2 N–H and O–H groups in total. The average molecular weight is 308 g/mol. The number of aliphatic hydroxyl groups excluding tert-OH is 2. The van der Waals surface area contributed by atoms with Gasteiger partial charge in [0.15, 0.2) is 0 Å². The molecule has 1 aromatic rings. The molecular weight excluding hydrogens is 280 g/mol. The van der Waals surface area contributed by atoms with E-state index < -0.39 is 0 Å². The summed E-state index contributed by atoms with van der Waals surface area (Å²) in [7, 11) is 0. The van der Waals surface area contributed by atoms with Gasteiger partial charge in [0.25, 0.3) is 0 Å². The molecule has 5 heteroatoms. The number of hydrogen-bond acceptors (Lipinski definition) is 5. The zero-order valence-corrected chi connectivity index (χ0v) is 13.2. The van der Waals surface area contributed by atoms with Crippen LogP contribution in [0.4, 0.5) is 0 Å². The maximum atomic E-state index is 10.1. The number of hydrogen-bond donors (Lipinski definition) is 2. The van der Waals surface area contributed by atoms with Crippen molar-refractivity contribution in [3.8, 4) is 0 Å². The maximum Gasteiger partial charge on any atom is 0.0793 e. The fraction of sp³-hybridized carbons (Fsp3) is 0.647. The van der Waals surface area contributed by atoms with Crippen LogP contribution in [0, 0.1) is 0 Å². The molecule has 1 heterocycles. The molecule has 0 aromatic heterocycles. The van der Waals surface area contributed by atoms with Gasteiger partial charge in [-0.25, -0.2) is 0 Å². The quantitative estimate of drug-likeness (QED) is 0.688. The van der Waals surface area contributed by atoms with Crippen molar-refractivity contribution in [2.45, 2.75) is 19.1 Å². The van der Waals surface area contributed by atoms with Crippen molar-refractivity contribution in [1.82, 2.24) is 9.80 Å². The lowest BCUT2D eigenvalue weighted by molar-refractivity contribution is 0.0732. The molecule has 1 aliphatic heterocycles. The van der Waals surface area contributed by atoms with Gasteiger partial charge in [-0.05, 0) is 12.0 Å². The molecule has 0 bridgehead atoms. The van der Waals surface area contributed by atoms with Crippen LogP contribution in [0.3, 0.4) is 0 Å². The average Bonchev–Trinajstić information content (AvgIpc) is 2.71. The third kappa shape index (κ3) is 6.42. The first-order valence-electron chi connectivity index (χ1n) is 8.13. The van der Waals surface area contributed by atoms with Crippen LogP contribution >= 0.6 is 0 Å². The van der Waals surface area contributed by atoms with E-state index in [2.05, 4.69) is 21.9 Å². The first kappa shape index (κ1) is 17.4. The number of aliphatic hydroxyl groups is 2. The molecule has 1 fully saturated rings. The lowest BCUT2D eigenvalue weighted by Crippen LogP contribution is -2.35. The predicted molar refractivity (Wildman–Crippen MR) is 86.7 cm³/mol. The lowest BCUT2D eigenvalue weighted by Gasteiger charge is -2.21. The van der Waals surface area contributed by atoms with Crippen molar-refractivity contribution in [1.29, 1.82) is 0 Å².